The van der Waals surface area contributed by atoms with E-state index in [0.29, 0.717) is 29.6 Å². The molecule has 4 rings (SSSR count). The molecule has 5 heteroatoms. The van der Waals surface area contributed by atoms with E-state index in [9.17, 15) is 4.79 Å². The van der Waals surface area contributed by atoms with Gasteiger partial charge in [-0.1, -0.05) is 36.8 Å². The molecule has 1 aromatic heterocycles. The van der Waals surface area contributed by atoms with Crippen molar-refractivity contribution in [3.05, 3.63) is 65.5 Å². The molecule has 0 saturated carbocycles. The predicted octanol–water partition coefficient (Wildman–Crippen LogP) is 4.61. The van der Waals surface area contributed by atoms with Crippen LogP contribution in [0.5, 0.6) is 0 Å². The second-order valence-corrected chi connectivity index (χ2v) is 8.27. The third kappa shape index (κ3) is 5.28. The molecule has 2 heterocycles. The summed E-state index contributed by atoms with van der Waals surface area (Å²) in [5.41, 5.74) is 3.36. The standard InChI is InChI=1S/C25H31N3O2/c1-19-8-5-6-16-28(19)17-7-15-26-25(29)21-12-13-22-23(18-21)30-24(27-22)14-11-20-9-3-2-4-10-20/h2-4,9-10,12-13,18-19H,5-8,11,14-17H2,1H3,(H,26,29)/t19-/m0/s1. The molecule has 30 heavy (non-hydrogen) atoms. The summed E-state index contributed by atoms with van der Waals surface area (Å²) in [5.74, 6) is 0.660. The van der Waals surface area contributed by atoms with E-state index in [1.807, 2.05) is 30.3 Å². The number of piperidine rings is 1. The lowest BCUT2D eigenvalue weighted by atomic mass is 10.0. The van der Waals surface area contributed by atoms with Crippen molar-refractivity contribution in [2.75, 3.05) is 19.6 Å². The van der Waals surface area contributed by atoms with Crippen LogP contribution >= 0.6 is 0 Å². The average Bonchev–Trinajstić information content (AvgIpc) is 3.19. The fourth-order valence-corrected chi connectivity index (χ4v) is 4.19. The van der Waals surface area contributed by atoms with Gasteiger partial charge in [0.15, 0.2) is 11.5 Å². The first kappa shape index (κ1) is 20.6. The average molecular weight is 406 g/mol. The van der Waals surface area contributed by atoms with Crippen LogP contribution in [0.1, 0.15) is 54.4 Å². The number of nitrogens with zero attached hydrogens (tertiary/aromatic N) is 2. The van der Waals surface area contributed by atoms with Gasteiger partial charge in [0.05, 0.1) is 0 Å². The van der Waals surface area contributed by atoms with Crippen LogP contribution in [0.25, 0.3) is 11.1 Å². The third-order valence-corrected chi connectivity index (χ3v) is 6.01. The number of benzene rings is 2. The maximum Gasteiger partial charge on any atom is 0.251 e. The zero-order valence-corrected chi connectivity index (χ0v) is 17.8. The van der Waals surface area contributed by atoms with Crippen molar-refractivity contribution in [2.24, 2.45) is 0 Å². The second kappa shape index (κ2) is 9.90. The van der Waals surface area contributed by atoms with Crippen LogP contribution in [0.3, 0.4) is 0 Å². The molecule has 5 nitrogen and oxygen atoms in total. The Morgan fingerprint density at radius 2 is 2.03 bits per heavy atom. The normalized spacial score (nSPS) is 17.3. The highest BCUT2D eigenvalue weighted by atomic mass is 16.3. The van der Waals surface area contributed by atoms with Crippen LogP contribution in [0.4, 0.5) is 0 Å². The number of likely N-dealkylation sites (tertiary alicyclic amines) is 1. The van der Waals surface area contributed by atoms with Gasteiger partial charge in [-0.25, -0.2) is 4.98 Å². The lowest BCUT2D eigenvalue weighted by Crippen LogP contribution is -2.39. The van der Waals surface area contributed by atoms with E-state index in [1.54, 1.807) is 6.07 Å². The number of fused-ring (bicyclic) bond motifs is 1. The van der Waals surface area contributed by atoms with Crippen LogP contribution in [0, 0.1) is 0 Å². The first-order valence-electron chi connectivity index (χ1n) is 11.1. The highest BCUT2D eigenvalue weighted by Gasteiger charge is 2.17. The minimum atomic E-state index is -0.0502. The van der Waals surface area contributed by atoms with E-state index in [-0.39, 0.29) is 5.91 Å². The molecule has 2 aromatic carbocycles. The Bertz CT molecular complexity index is 967. The van der Waals surface area contributed by atoms with E-state index in [2.05, 4.69) is 34.3 Å². The number of hydrogen-bond acceptors (Lipinski definition) is 4. The Balaban J connectivity index is 1.28. The number of carbonyl (C=O) groups is 1. The molecule has 1 amide bonds. The number of amides is 1. The van der Waals surface area contributed by atoms with E-state index < -0.39 is 0 Å². The molecule has 1 fully saturated rings. The molecule has 0 aliphatic carbocycles. The summed E-state index contributed by atoms with van der Waals surface area (Å²) in [6, 6.07) is 16.5. The Kier molecular flexibility index (Phi) is 6.80. The van der Waals surface area contributed by atoms with Gasteiger partial charge in [-0.3, -0.25) is 4.79 Å². The number of aryl methyl sites for hydroxylation is 2. The fourth-order valence-electron chi connectivity index (χ4n) is 4.19. The van der Waals surface area contributed by atoms with E-state index in [0.717, 1.165) is 31.3 Å². The Labute approximate surface area is 178 Å². The minimum absolute atomic E-state index is 0.0502. The summed E-state index contributed by atoms with van der Waals surface area (Å²) >= 11 is 0. The van der Waals surface area contributed by atoms with Gasteiger partial charge in [-0.2, -0.15) is 0 Å². The zero-order valence-electron chi connectivity index (χ0n) is 17.8. The third-order valence-electron chi connectivity index (χ3n) is 6.01. The van der Waals surface area contributed by atoms with Crippen molar-refractivity contribution < 1.29 is 9.21 Å². The maximum absolute atomic E-state index is 12.5. The topological polar surface area (TPSA) is 58.4 Å². The number of aromatic nitrogens is 1. The molecule has 1 aliphatic heterocycles. The van der Waals surface area contributed by atoms with Gasteiger partial charge in [-0.15, -0.1) is 0 Å². The Hall–Kier alpha value is -2.66. The van der Waals surface area contributed by atoms with Crippen molar-refractivity contribution in [2.45, 2.75) is 51.5 Å². The highest BCUT2D eigenvalue weighted by Crippen LogP contribution is 2.19. The summed E-state index contributed by atoms with van der Waals surface area (Å²) in [4.78, 5) is 19.6. The van der Waals surface area contributed by atoms with E-state index in [1.165, 1.54) is 31.4 Å². The monoisotopic (exact) mass is 405 g/mol. The van der Waals surface area contributed by atoms with Gasteiger partial charge in [0.25, 0.3) is 5.91 Å². The summed E-state index contributed by atoms with van der Waals surface area (Å²) in [6.45, 7) is 5.23. The van der Waals surface area contributed by atoms with Crippen LogP contribution in [0.2, 0.25) is 0 Å². The number of rotatable bonds is 8. The number of nitrogens with one attached hydrogen (secondary N) is 1. The molecule has 1 saturated heterocycles. The first-order valence-corrected chi connectivity index (χ1v) is 11.1. The molecule has 1 atom stereocenters. The van der Waals surface area contributed by atoms with E-state index in [4.69, 9.17) is 4.42 Å². The van der Waals surface area contributed by atoms with Crippen molar-refractivity contribution in [3.8, 4) is 0 Å². The van der Waals surface area contributed by atoms with Crippen LogP contribution in [-0.2, 0) is 12.8 Å². The van der Waals surface area contributed by atoms with Crippen molar-refractivity contribution in [3.63, 3.8) is 0 Å². The maximum atomic E-state index is 12.5. The van der Waals surface area contributed by atoms with Gasteiger partial charge in [0.2, 0.25) is 0 Å². The van der Waals surface area contributed by atoms with Gasteiger partial charge in [0, 0.05) is 31.1 Å². The lowest BCUT2D eigenvalue weighted by molar-refractivity contribution is 0.0949. The predicted molar refractivity (Wildman–Crippen MR) is 120 cm³/mol. The van der Waals surface area contributed by atoms with Crippen molar-refractivity contribution >= 4 is 17.0 Å². The molecular formula is C25H31N3O2. The van der Waals surface area contributed by atoms with Crippen LogP contribution in [-0.4, -0.2) is 41.5 Å². The van der Waals surface area contributed by atoms with Crippen molar-refractivity contribution in [1.29, 1.82) is 0 Å². The molecular weight excluding hydrogens is 374 g/mol. The van der Waals surface area contributed by atoms with E-state index >= 15 is 0 Å². The van der Waals surface area contributed by atoms with Gasteiger partial charge in [-0.05, 0) is 62.9 Å². The number of hydrogen-bond donors (Lipinski definition) is 1. The van der Waals surface area contributed by atoms with Gasteiger partial charge in [0.1, 0.15) is 5.52 Å². The minimum Gasteiger partial charge on any atom is -0.441 e. The SMILES string of the molecule is C[C@H]1CCCCN1CCCNC(=O)c1ccc2nc(CCc3ccccc3)oc2c1. The van der Waals surface area contributed by atoms with Gasteiger partial charge < -0.3 is 14.6 Å². The first-order chi connectivity index (χ1) is 14.7. The Morgan fingerprint density at radius 1 is 1.17 bits per heavy atom. The molecule has 0 radical (unpaired) electrons. The van der Waals surface area contributed by atoms with Crippen LogP contribution in [0.15, 0.2) is 52.9 Å². The number of oxazole rings is 1. The molecule has 0 bridgehead atoms. The van der Waals surface area contributed by atoms with Crippen molar-refractivity contribution in [1.82, 2.24) is 15.2 Å². The highest BCUT2D eigenvalue weighted by molar-refractivity contribution is 5.96. The Morgan fingerprint density at radius 3 is 2.87 bits per heavy atom. The lowest BCUT2D eigenvalue weighted by Gasteiger charge is -2.33. The summed E-state index contributed by atoms with van der Waals surface area (Å²) in [6.07, 6.45) is 6.53. The molecule has 3 aromatic rings. The molecule has 0 unspecified atom stereocenters. The summed E-state index contributed by atoms with van der Waals surface area (Å²) in [5, 5.41) is 3.04. The molecule has 158 valence electrons. The zero-order chi connectivity index (χ0) is 20.8. The molecule has 1 aliphatic rings. The molecule has 0 spiro atoms. The van der Waals surface area contributed by atoms with Crippen LogP contribution < -0.4 is 5.32 Å². The molecule has 1 N–H and O–H groups in total. The second-order valence-electron chi connectivity index (χ2n) is 8.27. The largest absolute Gasteiger partial charge is 0.441 e. The fraction of sp³-hybridized carbons (Fsp3) is 0.440. The number of carbonyl (C=O) groups excluding carboxylic acids is 1. The quantitative estimate of drug-likeness (QED) is 0.556. The smallest absolute Gasteiger partial charge is 0.251 e. The summed E-state index contributed by atoms with van der Waals surface area (Å²) in [7, 11) is 0. The summed E-state index contributed by atoms with van der Waals surface area (Å²) < 4.78 is 5.90. The van der Waals surface area contributed by atoms with Gasteiger partial charge >= 0.3 is 0 Å².